The Morgan fingerprint density at radius 2 is 2.12 bits per heavy atom. The van der Waals surface area contributed by atoms with E-state index in [1.54, 1.807) is 6.20 Å². The lowest BCUT2D eigenvalue weighted by atomic mass is 10.1. The lowest BCUT2D eigenvalue weighted by Gasteiger charge is -2.09. The fraction of sp³-hybridized carbons (Fsp3) is 0.538. The van der Waals surface area contributed by atoms with Gasteiger partial charge >= 0.3 is 0 Å². The summed E-state index contributed by atoms with van der Waals surface area (Å²) in [6.45, 7) is 1.93. The second kappa shape index (κ2) is 7.65. The van der Waals surface area contributed by atoms with E-state index in [1.165, 1.54) is 25.7 Å². The maximum absolute atomic E-state index is 9.00. The van der Waals surface area contributed by atoms with Gasteiger partial charge in [-0.3, -0.25) is 4.79 Å². The Morgan fingerprint density at radius 1 is 1.47 bits per heavy atom. The molecule has 94 valence electrons. The highest BCUT2D eigenvalue weighted by Crippen LogP contribution is 2.24. The quantitative estimate of drug-likeness (QED) is 0.878. The summed E-state index contributed by atoms with van der Waals surface area (Å²) in [5.41, 5.74) is 0. The van der Waals surface area contributed by atoms with Crippen LogP contribution in [-0.2, 0) is 4.79 Å². The van der Waals surface area contributed by atoms with Gasteiger partial charge in [-0.1, -0.05) is 18.9 Å². The number of carboxylic acid groups (broad SMARTS) is 1. The van der Waals surface area contributed by atoms with E-state index in [2.05, 4.69) is 4.98 Å². The standard InChI is InChI=1S/C11H15NO.C2H4O2/c1-2-6-10(5-1)9-13-11-7-3-4-8-12-11;1-2(3)4/h3-4,7-8,10H,1-2,5-6,9H2;1H3,(H,3,4). The van der Waals surface area contributed by atoms with Gasteiger partial charge in [-0.2, -0.15) is 0 Å². The molecular weight excluding hydrogens is 218 g/mol. The van der Waals surface area contributed by atoms with Crippen molar-refractivity contribution < 1.29 is 14.6 Å². The largest absolute Gasteiger partial charge is 0.481 e. The molecule has 0 radical (unpaired) electrons. The van der Waals surface area contributed by atoms with Crippen LogP contribution in [-0.4, -0.2) is 22.7 Å². The minimum absolute atomic E-state index is 0.759. The molecule has 1 N–H and O–H groups in total. The third-order valence-corrected chi connectivity index (χ3v) is 2.58. The molecule has 1 saturated carbocycles. The van der Waals surface area contributed by atoms with Crippen molar-refractivity contribution in [2.24, 2.45) is 5.92 Å². The maximum atomic E-state index is 9.00. The van der Waals surface area contributed by atoms with Crippen molar-refractivity contribution in [3.05, 3.63) is 24.4 Å². The Labute approximate surface area is 102 Å². The highest BCUT2D eigenvalue weighted by Gasteiger charge is 2.15. The Hall–Kier alpha value is -1.58. The van der Waals surface area contributed by atoms with Gasteiger partial charge in [0.05, 0.1) is 6.61 Å². The number of carboxylic acids is 1. The molecule has 0 aromatic carbocycles. The first-order valence-corrected chi connectivity index (χ1v) is 5.92. The van der Waals surface area contributed by atoms with Crippen LogP contribution in [0.15, 0.2) is 24.4 Å². The molecule has 1 aromatic rings. The lowest BCUT2D eigenvalue weighted by Crippen LogP contribution is -2.08. The van der Waals surface area contributed by atoms with Gasteiger partial charge in [0.25, 0.3) is 5.97 Å². The smallest absolute Gasteiger partial charge is 0.300 e. The molecule has 1 heterocycles. The second-order valence-electron chi connectivity index (χ2n) is 4.15. The molecule has 0 bridgehead atoms. The molecule has 0 aliphatic heterocycles. The molecule has 0 unspecified atom stereocenters. The Kier molecular flexibility index (Phi) is 6.07. The number of pyridine rings is 1. The average molecular weight is 237 g/mol. The number of nitrogens with zero attached hydrogens (tertiary/aromatic N) is 1. The molecule has 0 saturated heterocycles. The third kappa shape index (κ3) is 6.56. The van der Waals surface area contributed by atoms with Gasteiger partial charge in [-0.25, -0.2) is 4.98 Å². The number of ether oxygens (including phenoxy) is 1. The normalized spacial score (nSPS) is 14.9. The number of hydrogen-bond acceptors (Lipinski definition) is 3. The third-order valence-electron chi connectivity index (χ3n) is 2.58. The summed E-state index contributed by atoms with van der Waals surface area (Å²) < 4.78 is 5.58. The minimum Gasteiger partial charge on any atom is -0.481 e. The van der Waals surface area contributed by atoms with Gasteiger partial charge in [0.2, 0.25) is 5.88 Å². The maximum Gasteiger partial charge on any atom is 0.300 e. The predicted octanol–water partition coefficient (Wildman–Crippen LogP) is 2.74. The second-order valence-corrected chi connectivity index (χ2v) is 4.15. The van der Waals surface area contributed by atoms with Crippen molar-refractivity contribution in [3.63, 3.8) is 0 Å². The predicted molar refractivity (Wildman–Crippen MR) is 65.0 cm³/mol. The van der Waals surface area contributed by atoms with Gasteiger partial charge < -0.3 is 9.84 Å². The van der Waals surface area contributed by atoms with Gasteiger partial charge in [-0.05, 0) is 24.8 Å². The molecule has 1 fully saturated rings. The van der Waals surface area contributed by atoms with E-state index in [1.807, 2.05) is 18.2 Å². The highest BCUT2D eigenvalue weighted by molar-refractivity contribution is 5.62. The summed E-state index contributed by atoms with van der Waals surface area (Å²) in [5.74, 6) is 0.691. The zero-order valence-electron chi connectivity index (χ0n) is 10.1. The first-order valence-electron chi connectivity index (χ1n) is 5.92. The Balaban J connectivity index is 0.000000317. The molecule has 1 aliphatic carbocycles. The van der Waals surface area contributed by atoms with Crippen LogP contribution in [0.3, 0.4) is 0 Å². The van der Waals surface area contributed by atoms with Crippen molar-refractivity contribution in [2.45, 2.75) is 32.6 Å². The summed E-state index contributed by atoms with van der Waals surface area (Å²) >= 11 is 0. The van der Waals surface area contributed by atoms with Crippen LogP contribution < -0.4 is 4.74 Å². The van der Waals surface area contributed by atoms with E-state index >= 15 is 0 Å². The van der Waals surface area contributed by atoms with E-state index in [0.717, 1.165) is 25.3 Å². The van der Waals surface area contributed by atoms with Crippen molar-refractivity contribution in [2.75, 3.05) is 6.61 Å². The number of aliphatic carboxylic acids is 1. The van der Waals surface area contributed by atoms with Crippen LogP contribution in [0, 0.1) is 5.92 Å². The van der Waals surface area contributed by atoms with Crippen LogP contribution in [0.25, 0.3) is 0 Å². The van der Waals surface area contributed by atoms with Crippen molar-refractivity contribution in [1.29, 1.82) is 0 Å². The molecule has 4 heteroatoms. The molecular formula is C13H19NO3. The van der Waals surface area contributed by atoms with Crippen LogP contribution in [0.1, 0.15) is 32.6 Å². The molecule has 17 heavy (non-hydrogen) atoms. The van der Waals surface area contributed by atoms with Gasteiger partial charge in [0, 0.05) is 19.2 Å². The molecule has 1 aromatic heterocycles. The number of hydrogen-bond donors (Lipinski definition) is 1. The number of carbonyl (C=O) groups is 1. The van der Waals surface area contributed by atoms with Crippen molar-refractivity contribution in [3.8, 4) is 5.88 Å². The van der Waals surface area contributed by atoms with E-state index in [-0.39, 0.29) is 0 Å². The summed E-state index contributed by atoms with van der Waals surface area (Å²) in [6, 6.07) is 5.77. The Morgan fingerprint density at radius 3 is 2.65 bits per heavy atom. The molecule has 0 atom stereocenters. The summed E-state index contributed by atoms with van der Waals surface area (Å²) in [6.07, 6.45) is 7.16. The topological polar surface area (TPSA) is 59.4 Å². The fourth-order valence-electron chi connectivity index (χ4n) is 1.81. The average Bonchev–Trinajstić information content (AvgIpc) is 2.80. The molecule has 0 amide bonds. The highest BCUT2D eigenvalue weighted by atomic mass is 16.5. The summed E-state index contributed by atoms with van der Waals surface area (Å²) in [4.78, 5) is 13.1. The molecule has 4 nitrogen and oxygen atoms in total. The van der Waals surface area contributed by atoms with Crippen LogP contribution >= 0.6 is 0 Å². The first kappa shape index (κ1) is 13.5. The van der Waals surface area contributed by atoms with E-state index in [0.29, 0.717) is 0 Å². The lowest BCUT2D eigenvalue weighted by molar-refractivity contribution is -0.134. The minimum atomic E-state index is -0.833. The number of aromatic nitrogens is 1. The first-order chi connectivity index (χ1) is 8.18. The SMILES string of the molecule is CC(=O)O.c1ccc(OCC2CCCC2)nc1. The van der Waals surface area contributed by atoms with Crippen LogP contribution in [0.2, 0.25) is 0 Å². The van der Waals surface area contributed by atoms with Crippen LogP contribution in [0.4, 0.5) is 0 Å². The van der Waals surface area contributed by atoms with Crippen molar-refractivity contribution >= 4 is 5.97 Å². The van der Waals surface area contributed by atoms with E-state index < -0.39 is 5.97 Å². The Bertz CT molecular complexity index is 317. The van der Waals surface area contributed by atoms with E-state index in [4.69, 9.17) is 14.6 Å². The zero-order chi connectivity index (χ0) is 12.5. The molecule has 1 aliphatic rings. The monoisotopic (exact) mass is 237 g/mol. The zero-order valence-corrected chi connectivity index (χ0v) is 10.1. The molecule has 0 spiro atoms. The summed E-state index contributed by atoms with van der Waals surface area (Å²) in [7, 11) is 0. The van der Waals surface area contributed by atoms with Crippen LogP contribution in [0.5, 0.6) is 5.88 Å². The van der Waals surface area contributed by atoms with Gasteiger partial charge in [-0.15, -0.1) is 0 Å². The van der Waals surface area contributed by atoms with Gasteiger partial charge in [0.1, 0.15) is 0 Å². The number of rotatable bonds is 3. The summed E-state index contributed by atoms with van der Waals surface area (Å²) in [5, 5.41) is 7.42. The van der Waals surface area contributed by atoms with E-state index in [9.17, 15) is 0 Å². The molecule has 2 rings (SSSR count). The fourth-order valence-corrected chi connectivity index (χ4v) is 1.81. The van der Waals surface area contributed by atoms with Gasteiger partial charge in [0.15, 0.2) is 0 Å². The van der Waals surface area contributed by atoms with Crippen molar-refractivity contribution in [1.82, 2.24) is 4.98 Å².